The van der Waals surface area contributed by atoms with Crippen molar-refractivity contribution in [1.29, 1.82) is 0 Å². The van der Waals surface area contributed by atoms with E-state index in [2.05, 4.69) is 10.6 Å². The summed E-state index contributed by atoms with van der Waals surface area (Å²) in [6.45, 7) is 1.95. The third kappa shape index (κ3) is 1.76. The molecule has 3 saturated heterocycles. The molecule has 84 valence electrons. The summed E-state index contributed by atoms with van der Waals surface area (Å²) in [5, 5.41) is 6.38. The molecule has 3 rings (SSSR count). The van der Waals surface area contributed by atoms with Gasteiger partial charge in [-0.1, -0.05) is 0 Å². The summed E-state index contributed by atoms with van der Waals surface area (Å²) in [7, 11) is 0. The summed E-state index contributed by atoms with van der Waals surface area (Å²) in [5.74, 6) is 0.347. The molecule has 3 fully saturated rings. The third-order valence-electron chi connectivity index (χ3n) is 3.85. The third-order valence-corrected chi connectivity index (χ3v) is 3.85. The van der Waals surface area contributed by atoms with Crippen LogP contribution in [0.3, 0.4) is 0 Å². The van der Waals surface area contributed by atoms with Gasteiger partial charge in [-0.3, -0.25) is 4.79 Å². The minimum atomic E-state index is 0.129. The minimum Gasteiger partial charge on any atom is -0.374 e. The molecule has 0 radical (unpaired) electrons. The zero-order valence-corrected chi connectivity index (χ0v) is 8.87. The van der Waals surface area contributed by atoms with Crippen LogP contribution in [-0.2, 0) is 9.53 Å². The predicted octanol–water partition coefficient (Wildman–Crippen LogP) is 0.0320. The zero-order chi connectivity index (χ0) is 10.3. The maximum Gasteiger partial charge on any atom is 0.226 e. The highest BCUT2D eigenvalue weighted by Gasteiger charge is 2.44. The first kappa shape index (κ1) is 9.60. The molecule has 0 spiro atoms. The summed E-state index contributed by atoms with van der Waals surface area (Å²) in [4.78, 5) is 12.0. The molecule has 0 saturated carbocycles. The first-order valence-electron chi connectivity index (χ1n) is 5.99. The fourth-order valence-corrected chi connectivity index (χ4v) is 3.00. The largest absolute Gasteiger partial charge is 0.374 e. The number of ether oxygens (including phenoxy) is 1. The molecule has 4 atom stereocenters. The molecule has 15 heavy (non-hydrogen) atoms. The standard InChI is InChI=1S/C11H18N2O2/c14-11(13-7-3-4-12-6-7)9-5-8-1-2-10(9)15-8/h7-10,12H,1-6H2,(H,13,14). The maximum absolute atomic E-state index is 12.0. The van der Waals surface area contributed by atoms with E-state index in [-0.39, 0.29) is 17.9 Å². The Kier molecular flexibility index (Phi) is 2.41. The predicted molar refractivity (Wildman–Crippen MR) is 55.4 cm³/mol. The number of carbonyl (C=O) groups is 1. The van der Waals surface area contributed by atoms with Crippen molar-refractivity contribution < 1.29 is 9.53 Å². The summed E-state index contributed by atoms with van der Waals surface area (Å²) < 4.78 is 5.69. The summed E-state index contributed by atoms with van der Waals surface area (Å²) in [6, 6.07) is 0.344. The Bertz CT molecular complexity index is 263. The quantitative estimate of drug-likeness (QED) is 0.676. The van der Waals surface area contributed by atoms with Gasteiger partial charge in [-0.05, 0) is 32.2 Å². The molecular weight excluding hydrogens is 192 g/mol. The Hall–Kier alpha value is -0.610. The van der Waals surface area contributed by atoms with Gasteiger partial charge in [-0.15, -0.1) is 0 Å². The molecule has 1 amide bonds. The molecule has 0 aromatic rings. The molecule has 2 bridgehead atoms. The van der Waals surface area contributed by atoms with E-state index in [1.54, 1.807) is 0 Å². The first-order valence-corrected chi connectivity index (χ1v) is 5.99. The molecule has 4 nitrogen and oxygen atoms in total. The molecule has 3 aliphatic heterocycles. The van der Waals surface area contributed by atoms with E-state index in [0.29, 0.717) is 12.1 Å². The van der Waals surface area contributed by atoms with Crippen LogP contribution in [0.5, 0.6) is 0 Å². The van der Waals surface area contributed by atoms with Gasteiger partial charge < -0.3 is 15.4 Å². The number of carbonyl (C=O) groups excluding carboxylic acids is 1. The van der Waals surface area contributed by atoms with Gasteiger partial charge >= 0.3 is 0 Å². The molecule has 0 aliphatic carbocycles. The van der Waals surface area contributed by atoms with Crippen molar-refractivity contribution in [2.45, 2.75) is 43.9 Å². The number of hydrogen-bond donors (Lipinski definition) is 2. The first-order chi connectivity index (χ1) is 7.33. The van der Waals surface area contributed by atoms with Crippen molar-refractivity contribution >= 4 is 5.91 Å². The summed E-state index contributed by atoms with van der Waals surface area (Å²) in [6.07, 6.45) is 4.81. The monoisotopic (exact) mass is 210 g/mol. The second-order valence-electron chi connectivity index (χ2n) is 4.91. The Morgan fingerprint density at radius 1 is 1.33 bits per heavy atom. The Labute approximate surface area is 89.7 Å². The van der Waals surface area contributed by atoms with Gasteiger partial charge in [0.1, 0.15) is 0 Å². The van der Waals surface area contributed by atoms with Crippen LogP contribution in [0.25, 0.3) is 0 Å². The highest BCUT2D eigenvalue weighted by Crippen LogP contribution is 2.38. The van der Waals surface area contributed by atoms with E-state index in [9.17, 15) is 4.79 Å². The number of amides is 1. The van der Waals surface area contributed by atoms with E-state index in [0.717, 1.165) is 38.8 Å². The molecule has 2 N–H and O–H groups in total. The number of nitrogens with one attached hydrogen (secondary N) is 2. The highest BCUT2D eigenvalue weighted by molar-refractivity contribution is 5.80. The van der Waals surface area contributed by atoms with Crippen LogP contribution in [0.4, 0.5) is 0 Å². The lowest BCUT2D eigenvalue weighted by atomic mass is 9.88. The fourth-order valence-electron chi connectivity index (χ4n) is 3.00. The molecule has 0 aromatic carbocycles. The Morgan fingerprint density at radius 2 is 2.27 bits per heavy atom. The average Bonchev–Trinajstić information content (AvgIpc) is 2.93. The Balaban J connectivity index is 1.56. The van der Waals surface area contributed by atoms with Crippen molar-refractivity contribution in [2.75, 3.05) is 13.1 Å². The molecule has 0 aromatic heterocycles. The van der Waals surface area contributed by atoms with Gasteiger partial charge in [0, 0.05) is 12.6 Å². The molecule has 3 aliphatic rings. The van der Waals surface area contributed by atoms with Crippen LogP contribution in [0.2, 0.25) is 0 Å². The van der Waals surface area contributed by atoms with Crippen LogP contribution in [-0.4, -0.2) is 37.2 Å². The van der Waals surface area contributed by atoms with Gasteiger partial charge in [0.05, 0.1) is 18.1 Å². The lowest BCUT2D eigenvalue weighted by molar-refractivity contribution is -0.127. The smallest absolute Gasteiger partial charge is 0.226 e. The van der Waals surface area contributed by atoms with Crippen LogP contribution in [0, 0.1) is 5.92 Å². The molecule has 4 unspecified atom stereocenters. The minimum absolute atomic E-state index is 0.129. The van der Waals surface area contributed by atoms with Crippen molar-refractivity contribution in [2.24, 2.45) is 5.92 Å². The van der Waals surface area contributed by atoms with E-state index in [1.165, 1.54) is 0 Å². The Morgan fingerprint density at radius 3 is 2.87 bits per heavy atom. The van der Waals surface area contributed by atoms with Crippen molar-refractivity contribution in [3.8, 4) is 0 Å². The van der Waals surface area contributed by atoms with Crippen LogP contribution < -0.4 is 10.6 Å². The van der Waals surface area contributed by atoms with E-state index in [4.69, 9.17) is 4.74 Å². The SMILES string of the molecule is O=C(NC1CCNC1)C1CC2CCC1O2. The van der Waals surface area contributed by atoms with Crippen LogP contribution >= 0.6 is 0 Å². The second-order valence-corrected chi connectivity index (χ2v) is 4.91. The van der Waals surface area contributed by atoms with E-state index < -0.39 is 0 Å². The van der Waals surface area contributed by atoms with E-state index >= 15 is 0 Å². The maximum atomic E-state index is 12.0. The summed E-state index contributed by atoms with van der Waals surface area (Å²) in [5.41, 5.74) is 0. The van der Waals surface area contributed by atoms with Crippen molar-refractivity contribution in [3.05, 3.63) is 0 Å². The van der Waals surface area contributed by atoms with Crippen molar-refractivity contribution in [3.63, 3.8) is 0 Å². The number of rotatable bonds is 2. The second kappa shape index (κ2) is 3.76. The van der Waals surface area contributed by atoms with Crippen LogP contribution in [0.15, 0.2) is 0 Å². The molecular formula is C11H18N2O2. The molecule has 4 heteroatoms. The average molecular weight is 210 g/mol. The van der Waals surface area contributed by atoms with Crippen LogP contribution in [0.1, 0.15) is 25.7 Å². The number of fused-ring (bicyclic) bond motifs is 2. The van der Waals surface area contributed by atoms with Crippen molar-refractivity contribution in [1.82, 2.24) is 10.6 Å². The topological polar surface area (TPSA) is 50.4 Å². The zero-order valence-electron chi connectivity index (χ0n) is 8.87. The van der Waals surface area contributed by atoms with Gasteiger partial charge in [-0.25, -0.2) is 0 Å². The van der Waals surface area contributed by atoms with Gasteiger partial charge in [0.2, 0.25) is 5.91 Å². The summed E-state index contributed by atoms with van der Waals surface area (Å²) >= 11 is 0. The number of hydrogen-bond acceptors (Lipinski definition) is 3. The van der Waals surface area contributed by atoms with Gasteiger partial charge in [0.15, 0.2) is 0 Å². The highest BCUT2D eigenvalue weighted by atomic mass is 16.5. The normalized spacial score (nSPS) is 43.5. The van der Waals surface area contributed by atoms with E-state index in [1.807, 2.05) is 0 Å². The fraction of sp³-hybridized carbons (Fsp3) is 0.909. The van der Waals surface area contributed by atoms with Gasteiger partial charge in [-0.2, -0.15) is 0 Å². The lowest BCUT2D eigenvalue weighted by Gasteiger charge is -2.20. The van der Waals surface area contributed by atoms with Gasteiger partial charge in [0.25, 0.3) is 0 Å². The molecule has 3 heterocycles. The lowest BCUT2D eigenvalue weighted by Crippen LogP contribution is -2.42.